The van der Waals surface area contributed by atoms with Gasteiger partial charge in [-0.25, -0.2) is 0 Å². The first-order valence-corrected chi connectivity index (χ1v) is 7.45. The lowest BCUT2D eigenvalue weighted by Crippen LogP contribution is -2.16. The van der Waals surface area contributed by atoms with E-state index >= 15 is 0 Å². The number of ether oxygens (including phenoxy) is 1. The van der Waals surface area contributed by atoms with E-state index in [-0.39, 0.29) is 10.6 Å². The summed E-state index contributed by atoms with van der Waals surface area (Å²) in [5.41, 5.74) is 2.12. The third-order valence-electron chi connectivity index (χ3n) is 3.96. The molecule has 0 aliphatic rings. The maximum atomic E-state index is 11.2. The van der Waals surface area contributed by atoms with Gasteiger partial charge in [0.15, 0.2) is 0 Å². The minimum absolute atomic E-state index is 0.0692. The van der Waals surface area contributed by atoms with Gasteiger partial charge < -0.3 is 9.64 Å². The normalized spacial score (nSPS) is 10.6. The first kappa shape index (κ1) is 15.7. The molecule has 0 unspecified atom stereocenters. The summed E-state index contributed by atoms with van der Waals surface area (Å²) in [6, 6.07) is 13.0. The molecule has 3 aromatic rings. The van der Waals surface area contributed by atoms with Gasteiger partial charge in [0.2, 0.25) is 0 Å². The van der Waals surface area contributed by atoms with Gasteiger partial charge >= 0.3 is 0 Å². The van der Waals surface area contributed by atoms with Crippen LogP contribution in [0.5, 0.6) is 5.75 Å². The molecule has 3 rings (SSSR count). The van der Waals surface area contributed by atoms with Crippen molar-refractivity contribution in [1.29, 1.82) is 0 Å². The monoisotopic (exact) mass is 323 g/mol. The molecule has 1 heterocycles. The van der Waals surface area contributed by atoms with Gasteiger partial charge in [0.05, 0.1) is 17.4 Å². The second-order valence-corrected chi connectivity index (χ2v) is 5.49. The number of rotatable bonds is 5. The van der Waals surface area contributed by atoms with Crippen LogP contribution in [0.25, 0.3) is 10.8 Å². The van der Waals surface area contributed by atoms with E-state index in [2.05, 4.69) is 9.88 Å². The van der Waals surface area contributed by atoms with E-state index < -0.39 is 0 Å². The molecule has 0 fully saturated rings. The number of methoxy groups -OCH3 is 1. The van der Waals surface area contributed by atoms with E-state index in [4.69, 9.17) is 4.74 Å². The topological polar surface area (TPSA) is 68.5 Å². The highest BCUT2D eigenvalue weighted by Gasteiger charge is 2.16. The van der Waals surface area contributed by atoms with Crippen molar-refractivity contribution >= 4 is 22.1 Å². The third-order valence-corrected chi connectivity index (χ3v) is 3.96. The summed E-state index contributed by atoms with van der Waals surface area (Å²) < 4.78 is 5.17. The fourth-order valence-electron chi connectivity index (χ4n) is 2.74. The zero-order chi connectivity index (χ0) is 17.1. The van der Waals surface area contributed by atoms with Gasteiger partial charge in [-0.05, 0) is 29.8 Å². The van der Waals surface area contributed by atoms with Crippen molar-refractivity contribution in [3.63, 3.8) is 0 Å². The average molecular weight is 323 g/mol. The second-order valence-electron chi connectivity index (χ2n) is 5.49. The smallest absolute Gasteiger partial charge is 0.278 e. The third kappa shape index (κ3) is 2.99. The molecule has 0 N–H and O–H groups in total. The fourth-order valence-corrected chi connectivity index (χ4v) is 2.74. The molecule has 0 aliphatic heterocycles. The number of benzene rings is 2. The highest BCUT2D eigenvalue weighted by molar-refractivity contribution is 5.99. The molecule has 0 saturated heterocycles. The number of non-ortho nitro benzene ring substituents is 1. The molecule has 0 spiro atoms. The molecule has 0 radical (unpaired) electrons. The summed E-state index contributed by atoms with van der Waals surface area (Å²) in [7, 11) is 3.60. The maximum absolute atomic E-state index is 11.2. The highest BCUT2D eigenvalue weighted by Crippen LogP contribution is 2.33. The lowest BCUT2D eigenvalue weighted by atomic mass is 10.1. The Morgan fingerprint density at radius 3 is 2.54 bits per heavy atom. The van der Waals surface area contributed by atoms with Crippen LogP contribution < -0.4 is 9.64 Å². The Bertz CT molecular complexity index is 878. The van der Waals surface area contributed by atoms with Crippen molar-refractivity contribution in [2.24, 2.45) is 0 Å². The molecular weight excluding hydrogens is 306 g/mol. The summed E-state index contributed by atoms with van der Waals surface area (Å²) in [5.74, 6) is 0.813. The quantitative estimate of drug-likeness (QED) is 0.528. The van der Waals surface area contributed by atoms with Crippen LogP contribution in [0.4, 0.5) is 11.4 Å². The van der Waals surface area contributed by atoms with Gasteiger partial charge in [-0.2, -0.15) is 0 Å². The predicted molar refractivity (Wildman–Crippen MR) is 93.5 cm³/mol. The van der Waals surface area contributed by atoms with Crippen molar-refractivity contribution in [3.05, 3.63) is 70.5 Å². The summed E-state index contributed by atoms with van der Waals surface area (Å²) in [4.78, 5) is 16.9. The number of hydrogen-bond acceptors (Lipinski definition) is 5. The van der Waals surface area contributed by atoms with E-state index in [1.165, 1.54) is 12.3 Å². The van der Waals surface area contributed by atoms with Crippen LogP contribution in [0.1, 0.15) is 5.56 Å². The van der Waals surface area contributed by atoms with Crippen LogP contribution in [-0.4, -0.2) is 24.1 Å². The molecular formula is C18H17N3O3. The van der Waals surface area contributed by atoms with E-state index in [0.29, 0.717) is 11.9 Å². The fraction of sp³-hybridized carbons (Fsp3) is 0.167. The highest BCUT2D eigenvalue weighted by atomic mass is 16.6. The van der Waals surface area contributed by atoms with Gasteiger partial charge in [0.1, 0.15) is 5.75 Å². The number of pyridine rings is 1. The minimum Gasteiger partial charge on any atom is -0.497 e. The first-order chi connectivity index (χ1) is 11.6. The molecule has 0 bridgehead atoms. The molecule has 6 nitrogen and oxygen atoms in total. The molecule has 24 heavy (non-hydrogen) atoms. The molecule has 2 aromatic carbocycles. The zero-order valence-electron chi connectivity index (χ0n) is 13.5. The van der Waals surface area contributed by atoms with Crippen LogP contribution in [0.3, 0.4) is 0 Å². The Labute approximate surface area is 139 Å². The van der Waals surface area contributed by atoms with E-state index in [0.717, 1.165) is 22.4 Å². The summed E-state index contributed by atoms with van der Waals surface area (Å²) in [6.45, 7) is 0.680. The van der Waals surface area contributed by atoms with Crippen LogP contribution >= 0.6 is 0 Å². The zero-order valence-corrected chi connectivity index (χ0v) is 13.5. The molecule has 0 aliphatic carbocycles. The Kier molecular flexibility index (Phi) is 4.29. The van der Waals surface area contributed by atoms with Crippen molar-refractivity contribution in [3.8, 4) is 5.75 Å². The number of aromatic nitrogens is 1. The summed E-state index contributed by atoms with van der Waals surface area (Å²) in [5, 5.41) is 12.6. The lowest BCUT2D eigenvalue weighted by molar-refractivity contribution is -0.383. The van der Waals surface area contributed by atoms with Crippen LogP contribution in [-0.2, 0) is 6.54 Å². The largest absolute Gasteiger partial charge is 0.497 e. The summed E-state index contributed by atoms with van der Waals surface area (Å²) in [6.07, 6.45) is 3.19. The Morgan fingerprint density at radius 1 is 1.12 bits per heavy atom. The molecule has 122 valence electrons. The molecule has 6 heteroatoms. The van der Waals surface area contributed by atoms with Crippen molar-refractivity contribution in [2.75, 3.05) is 19.1 Å². The van der Waals surface area contributed by atoms with Gasteiger partial charge in [-0.1, -0.05) is 12.1 Å². The Morgan fingerprint density at radius 2 is 1.88 bits per heavy atom. The maximum Gasteiger partial charge on any atom is 0.278 e. The van der Waals surface area contributed by atoms with Crippen molar-refractivity contribution in [1.82, 2.24) is 4.98 Å². The van der Waals surface area contributed by atoms with Gasteiger partial charge in [-0.3, -0.25) is 15.1 Å². The molecule has 1 aromatic heterocycles. The standard InChI is InChI=1S/C18H17N3O3/c1-20(12-13-3-5-14(24-2)6-4-13)17-7-8-18(21(22)23)16-11-19-10-9-15(16)17/h3-11H,12H2,1-2H3. The number of hydrogen-bond donors (Lipinski definition) is 0. The number of nitrogens with zero attached hydrogens (tertiary/aromatic N) is 3. The molecule has 0 atom stereocenters. The number of anilines is 1. The average Bonchev–Trinajstić information content (AvgIpc) is 2.61. The molecule has 0 amide bonds. The SMILES string of the molecule is COc1ccc(CN(C)c2ccc([N+](=O)[O-])c3cnccc23)cc1. The number of nitro groups is 1. The van der Waals surface area contributed by atoms with Crippen LogP contribution in [0.2, 0.25) is 0 Å². The summed E-state index contributed by atoms with van der Waals surface area (Å²) >= 11 is 0. The van der Waals surface area contributed by atoms with Crippen molar-refractivity contribution in [2.45, 2.75) is 6.54 Å². The van der Waals surface area contributed by atoms with E-state index in [1.807, 2.05) is 37.4 Å². The first-order valence-electron chi connectivity index (χ1n) is 7.45. The van der Waals surface area contributed by atoms with E-state index in [9.17, 15) is 10.1 Å². The van der Waals surface area contributed by atoms with Crippen molar-refractivity contribution < 1.29 is 9.66 Å². The Balaban J connectivity index is 1.96. The van der Waals surface area contributed by atoms with Crippen LogP contribution in [0.15, 0.2) is 54.9 Å². The Hall–Kier alpha value is -3.15. The van der Waals surface area contributed by atoms with Crippen LogP contribution in [0, 0.1) is 10.1 Å². The van der Waals surface area contributed by atoms with Gasteiger partial charge in [0, 0.05) is 43.1 Å². The minimum atomic E-state index is -0.378. The number of fused-ring (bicyclic) bond motifs is 1. The lowest BCUT2D eigenvalue weighted by Gasteiger charge is -2.21. The number of nitro benzene ring substituents is 1. The van der Waals surface area contributed by atoms with Gasteiger partial charge in [-0.15, -0.1) is 0 Å². The second kappa shape index (κ2) is 6.54. The molecule has 0 saturated carbocycles. The predicted octanol–water partition coefficient (Wildman–Crippen LogP) is 3.79. The van der Waals surface area contributed by atoms with E-state index in [1.54, 1.807) is 19.4 Å². The van der Waals surface area contributed by atoms with Gasteiger partial charge in [0.25, 0.3) is 5.69 Å².